The number of carbonyl (C=O) groups excluding carboxylic acids is 1. The van der Waals surface area contributed by atoms with Crippen LogP contribution in [0.1, 0.15) is 37.2 Å². The largest absolute Gasteiger partial charge is 0.508 e. The minimum absolute atomic E-state index is 0.217. The van der Waals surface area contributed by atoms with Crippen LogP contribution in [0.15, 0.2) is 64.9 Å². The van der Waals surface area contributed by atoms with E-state index < -0.39 is 6.09 Å². The van der Waals surface area contributed by atoms with Gasteiger partial charge in [0.05, 0.1) is 11.8 Å². The molecule has 0 radical (unpaired) electrons. The fraction of sp³-hybridized carbons (Fsp3) is 0.333. The molecule has 0 saturated heterocycles. The smallest absolute Gasteiger partial charge is 0.407 e. The lowest BCUT2D eigenvalue weighted by Crippen LogP contribution is -2.44. The molecule has 0 aliphatic carbocycles. The highest BCUT2D eigenvalue weighted by Crippen LogP contribution is 2.25. The molecule has 172 valence electrons. The molecule has 1 atom stereocenters. The molecule has 9 heteroatoms. The van der Waals surface area contributed by atoms with E-state index in [0.29, 0.717) is 23.9 Å². The first-order valence-corrected chi connectivity index (χ1v) is 11.9. The first kappa shape index (κ1) is 22.8. The molecular weight excluding hydrogens is 438 g/mol. The fourth-order valence-electron chi connectivity index (χ4n) is 3.52. The zero-order valence-corrected chi connectivity index (χ0v) is 19.5. The van der Waals surface area contributed by atoms with Crippen LogP contribution in [0.3, 0.4) is 0 Å². The van der Waals surface area contributed by atoms with Gasteiger partial charge in [-0.1, -0.05) is 68.1 Å². The Morgan fingerprint density at radius 1 is 1.12 bits per heavy atom. The summed E-state index contributed by atoms with van der Waals surface area (Å²) in [6, 6.07) is 16.3. The molecule has 3 aromatic rings. The zero-order chi connectivity index (χ0) is 23.2. The number of alkyl carbamates (subject to hydrolysis) is 1. The van der Waals surface area contributed by atoms with Crippen LogP contribution in [0.25, 0.3) is 0 Å². The second kappa shape index (κ2) is 10.5. The number of benzene rings is 2. The number of fused-ring (bicyclic) bond motifs is 1. The Morgan fingerprint density at radius 3 is 2.61 bits per heavy atom. The van der Waals surface area contributed by atoms with Gasteiger partial charge in [0, 0.05) is 12.2 Å². The summed E-state index contributed by atoms with van der Waals surface area (Å²) in [5, 5.41) is 26.6. The third-order valence-electron chi connectivity index (χ3n) is 5.17. The van der Waals surface area contributed by atoms with Crippen LogP contribution in [-0.4, -0.2) is 43.6 Å². The number of aromatic hydroxyl groups is 1. The molecule has 33 heavy (non-hydrogen) atoms. The maximum atomic E-state index is 12.5. The fourth-order valence-corrected chi connectivity index (χ4v) is 4.42. The quantitative estimate of drug-likeness (QED) is 0.516. The van der Waals surface area contributed by atoms with Gasteiger partial charge >= 0.3 is 6.09 Å². The van der Waals surface area contributed by atoms with Crippen molar-refractivity contribution in [3.8, 4) is 5.75 Å². The molecule has 4 rings (SSSR count). The molecule has 0 fully saturated rings. The van der Waals surface area contributed by atoms with Crippen molar-refractivity contribution in [1.29, 1.82) is 0 Å². The lowest BCUT2D eigenvalue weighted by Gasteiger charge is -2.24. The Labute approximate surface area is 197 Å². The number of phenols is 1. The van der Waals surface area contributed by atoms with Gasteiger partial charge in [0.15, 0.2) is 5.82 Å². The van der Waals surface area contributed by atoms with Crippen molar-refractivity contribution in [2.24, 2.45) is 11.0 Å². The normalized spacial score (nSPS) is 13.8. The van der Waals surface area contributed by atoms with E-state index in [1.807, 2.05) is 42.5 Å². The summed E-state index contributed by atoms with van der Waals surface area (Å²) in [7, 11) is 0. The Kier molecular flexibility index (Phi) is 7.29. The lowest BCUT2D eigenvalue weighted by molar-refractivity contribution is 0.137. The molecule has 1 aromatic heterocycles. The Bertz CT molecular complexity index is 1110. The summed E-state index contributed by atoms with van der Waals surface area (Å²) < 4.78 is 7.18. The molecule has 0 unspecified atom stereocenters. The van der Waals surface area contributed by atoms with Crippen LogP contribution in [0.4, 0.5) is 4.79 Å². The van der Waals surface area contributed by atoms with E-state index in [2.05, 4.69) is 29.4 Å². The van der Waals surface area contributed by atoms with Crippen LogP contribution < -0.4 is 5.32 Å². The lowest BCUT2D eigenvalue weighted by atomic mass is 10.0. The summed E-state index contributed by atoms with van der Waals surface area (Å²) in [6.07, 6.45) is 0.812. The maximum Gasteiger partial charge on any atom is 0.407 e. The van der Waals surface area contributed by atoms with Crippen molar-refractivity contribution in [2.75, 3.05) is 5.75 Å². The van der Waals surface area contributed by atoms with E-state index in [4.69, 9.17) is 9.84 Å². The number of thioether (sulfide) groups is 1. The van der Waals surface area contributed by atoms with Gasteiger partial charge in [-0.05, 0) is 35.6 Å². The number of nitrogens with one attached hydrogen (secondary N) is 1. The van der Waals surface area contributed by atoms with Gasteiger partial charge in [-0.3, -0.25) is 0 Å². The molecule has 8 nitrogen and oxygen atoms in total. The van der Waals surface area contributed by atoms with E-state index in [1.165, 1.54) is 0 Å². The van der Waals surface area contributed by atoms with E-state index >= 15 is 0 Å². The van der Waals surface area contributed by atoms with E-state index in [-0.39, 0.29) is 18.4 Å². The molecule has 1 amide bonds. The van der Waals surface area contributed by atoms with Crippen molar-refractivity contribution >= 4 is 23.6 Å². The van der Waals surface area contributed by atoms with E-state index in [9.17, 15) is 9.90 Å². The third kappa shape index (κ3) is 6.13. The molecule has 0 bridgehead atoms. The van der Waals surface area contributed by atoms with Crippen molar-refractivity contribution in [3.05, 3.63) is 71.5 Å². The first-order valence-electron chi connectivity index (χ1n) is 10.9. The standard InChI is InChI=1S/C24H27N5O3S/c1-16(2)12-20(25-24(31)32-14-18-6-4-3-5-7-18)21-15-33-23-27-26-22(29(23)28-21)13-17-8-10-19(30)11-9-17/h3-11,16,20,30H,12-15H2,1-2H3,(H,25,31)/t20-/m0/s1. The van der Waals surface area contributed by atoms with Crippen LogP contribution in [0.5, 0.6) is 5.75 Å². The number of hydrogen-bond acceptors (Lipinski definition) is 7. The minimum atomic E-state index is -0.462. The van der Waals surface area contributed by atoms with Crippen LogP contribution in [0, 0.1) is 5.92 Å². The molecular formula is C24H27N5O3S. The van der Waals surface area contributed by atoms with Gasteiger partial charge in [0.1, 0.15) is 12.4 Å². The molecule has 2 aromatic carbocycles. The highest BCUT2D eigenvalue weighted by Gasteiger charge is 2.26. The molecule has 0 spiro atoms. The van der Waals surface area contributed by atoms with E-state index in [0.717, 1.165) is 28.4 Å². The van der Waals surface area contributed by atoms with Crippen molar-refractivity contribution in [1.82, 2.24) is 20.2 Å². The third-order valence-corrected chi connectivity index (χ3v) is 6.12. The Balaban J connectivity index is 1.48. The van der Waals surface area contributed by atoms with E-state index in [1.54, 1.807) is 28.6 Å². The zero-order valence-electron chi connectivity index (χ0n) is 18.6. The first-order chi connectivity index (χ1) is 16.0. The van der Waals surface area contributed by atoms with Gasteiger partial charge in [0.2, 0.25) is 5.16 Å². The number of hydrogen-bond donors (Lipinski definition) is 2. The molecule has 0 saturated carbocycles. The number of aromatic nitrogens is 3. The highest BCUT2D eigenvalue weighted by atomic mass is 32.2. The van der Waals surface area contributed by atoms with Gasteiger partial charge in [-0.15, -0.1) is 10.2 Å². The molecule has 2 heterocycles. The average molecular weight is 466 g/mol. The molecule has 2 N–H and O–H groups in total. The summed E-state index contributed by atoms with van der Waals surface area (Å²) in [4.78, 5) is 12.5. The number of carbonyl (C=O) groups is 1. The van der Waals surface area contributed by atoms with Crippen molar-refractivity contribution < 1.29 is 14.6 Å². The summed E-state index contributed by atoms with van der Waals surface area (Å²) in [5.41, 5.74) is 2.79. The second-order valence-corrected chi connectivity index (χ2v) is 9.26. The topological polar surface area (TPSA) is 102 Å². The predicted octanol–water partition coefficient (Wildman–Crippen LogP) is 4.23. The van der Waals surface area contributed by atoms with Gasteiger partial charge in [-0.25, -0.2) is 4.79 Å². The monoisotopic (exact) mass is 465 g/mol. The minimum Gasteiger partial charge on any atom is -0.508 e. The SMILES string of the molecule is CC(C)C[C@H](NC(=O)OCc1ccccc1)C1=Nn2c(Cc3ccc(O)cc3)nnc2SC1. The highest BCUT2D eigenvalue weighted by molar-refractivity contribution is 7.99. The summed E-state index contributed by atoms with van der Waals surface area (Å²) in [6.45, 7) is 4.44. The van der Waals surface area contributed by atoms with Crippen molar-refractivity contribution in [3.63, 3.8) is 0 Å². The number of rotatable bonds is 8. The summed E-state index contributed by atoms with van der Waals surface area (Å²) in [5.74, 6) is 1.90. The number of phenolic OH excluding ortho intramolecular Hbond substituents is 1. The van der Waals surface area contributed by atoms with Gasteiger partial charge in [-0.2, -0.15) is 9.78 Å². The van der Waals surface area contributed by atoms with Crippen LogP contribution in [0.2, 0.25) is 0 Å². The predicted molar refractivity (Wildman–Crippen MR) is 127 cm³/mol. The Hall–Kier alpha value is -3.33. The van der Waals surface area contributed by atoms with Gasteiger partial charge < -0.3 is 15.2 Å². The molecule has 1 aliphatic rings. The van der Waals surface area contributed by atoms with Gasteiger partial charge in [0.25, 0.3) is 0 Å². The second-order valence-electron chi connectivity index (χ2n) is 8.32. The summed E-state index contributed by atoms with van der Waals surface area (Å²) >= 11 is 1.55. The van der Waals surface area contributed by atoms with Crippen LogP contribution in [-0.2, 0) is 17.8 Å². The number of nitrogens with zero attached hydrogens (tertiary/aromatic N) is 4. The van der Waals surface area contributed by atoms with Crippen LogP contribution >= 0.6 is 11.8 Å². The Morgan fingerprint density at radius 2 is 1.88 bits per heavy atom. The average Bonchev–Trinajstić information content (AvgIpc) is 3.21. The maximum absolute atomic E-state index is 12.5. The van der Waals surface area contributed by atoms with Crippen molar-refractivity contribution in [2.45, 2.75) is 44.5 Å². The molecule has 1 aliphatic heterocycles. The number of ether oxygens (including phenoxy) is 1. The number of amides is 1.